The molecule has 1 amide bonds. The molecule has 2 saturated heterocycles. The minimum atomic E-state index is -0.574. The second-order valence-electron chi connectivity index (χ2n) is 9.56. The topological polar surface area (TPSA) is 58.8 Å². The van der Waals surface area contributed by atoms with Crippen LogP contribution in [0.5, 0.6) is 0 Å². The van der Waals surface area contributed by atoms with E-state index >= 15 is 8.78 Å². The highest BCUT2D eigenvalue weighted by Crippen LogP contribution is 2.32. The number of hydrogen-bond acceptors (Lipinski definition) is 5. The zero-order chi connectivity index (χ0) is 25.4. The summed E-state index contributed by atoms with van der Waals surface area (Å²) in [4.78, 5) is 20.4. The lowest BCUT2D eigenvalue weighted by molar-refractivity contribution is -0.117. The second kappa shape index (κ2) is 10.0. The molecular weight excluding hydrogens is 476 g/mol. The molecule has 0 bridgehead atoms. The van der Waals surface area contributed by atoms with Crippen molar-refractivity contribution in [3.8, 4) is 11.1 Å². The molecule has 0 unspecified atom stereocenters. The number of para-hydroxylation sites is 1. The molecule has 2 fully saturated rings. The lowest BCUT2D eigenvalue weighted by Crippen LogP contribution is -2.36. The average Bonchev–Trinajstić information content (AvgIpc) is 3.52. The van der Waals surface area contributed by atoms with Crippen molar-refractivity contribution in [2.75, 3.05) is 37.7 Å². The molecule has 37 heavy (non-hydrogen) atoms. The van der Waals surface area contributed by atoms with E-state index < -0.39 is 11.6 Å². The first-order chi connectivity index (χ1) is 18.0. The highest BCUT2D eigenvalue weighted by Gasteiger charge is 2.22. The molecule has 1 aromatic heterocycles. The summed E-state index contributed by atoms with van der Waals surface area (Å²) in [6, 6.07) is 16.0. The molecule has 0 atom stereocenters. The van der Waals surface area contributed by atoms with E-state index in [1.165, 1.54) is 12.1 Å². The number of hydrogen-bond donors (Lipinski definition) is 0. The molecule has 2 aliphatic rings. The average molecular weight is 504 g/mol. The normalized spacial score (nSPS) is 16.7. The lowest BCUT2D eigenvalue weighted by Gasteiger charge is -2.26. The maximum absolute atomic E-state index is 15.0. The standard InChI is InChI=1S/C29H27F2N3O3/c30-24-16-20(17-25(31)23(24)18-33-11-13-36-14-12-33)22-3-1-4-26-29(22)37-27(32-26)15-19-6-8-21(9-7-19)34-10-2-5-28(34)35/h1,3-4,6-9,16-17H,2,5,10-15,18H2. The Kier molecular flexibility index (Phi) is 6.44. The number of benzene rings is 3. The minimum Gasteiger partial charge on any atom is -0.440 e. The molecular formula is C29H27F2N3O3. The third-order valence-corrected chi connectivity index (χ3v) is 7.07. The number of aromatic nitrogens is 1. The predicted molar refractivity (Wildman–Crippen MR) is 136 cm³/mol. The molecule has 0 N–H and O–H groups in total. The second-order valence-corrected chi connectivity index (χ2v) is 9.56. The SMILES string of the molecule is O=C1CCCN1c1ccc(Cc2nc3cccc(-c4cc(F)c(CN5CCOCC5)c(F)c4)c3o2)cc1. The fourth-order valence-corrected chi connectivity index (χ4v) is 5.08. The van der Waals surface area contributed by atoms with E-state index in [0.29, 0.717) is 67.3 Å². The Labute approximate surface area is 213 Å². The van der Waals surface area contributed by atoms with Crippen LogP contribution in [0.15, 0.2) is 59.0 Å². The number of nitrogens with zero attached hydrogens (tertiary/aromatic N) is 3. The number of rotatable bonds is 6. The Morgan fingerprint density at radius 3 is 2.41 bits per heavy atom. The first kappa shape index (κ1) is 23.8. The van der Waals surface area contributed by atoms with Crippen LogP contribution in [-0.4, -0.2) is 48.6 Å². The number of ether oxygens (including phenoxy) is 1. The Balaban J connectivity index is 1.24. The quantitative estimate of drug-likeness (QED) is 0.356. The van der Waals surface area contributed by atoms with Crippen LogP contribution in [0.25, 0.3) is 22.2 Å². The van der Waals surface area contributed by atoms with Gasteiger partial charge in [-0.3, -0.25) is 9.69 Å². The van der Waals surface area contributed by atoms with Crippen molar-refractivity contribution in [1.29, 1.82) is 0 Å². The van der Waals surface area contributed by atoms with Gasteiger partial charge in [-0.15, -0.1) is 0 Å². The van der Waals surface area contributed by atoms with Gasteiger partial charge in [0.2, 0.25) is 5.91 Å². The Morgan fingerprint density at radius 1 is 0.946 bits per heavy atom. The van der Waals surface area contributed by atoms with Gasteiger partial charge in [0.25, 0.3) is 0 Å². The fourth-order valence-electron chi connectivity index (χ4n) is 5.08. The Morgan fingerprint density at radius 2 is 1.70 bits per heavy atom. The van der Waals surface area contributed by atoms with Gasteiger partial charge in [0.1, 0.15) is 17.2 Å². The van der Waals surface area contributed by atoms with Crippen molar-refractivity contribution in [2.24, 2.45) is 0 Å². The summed E-state index contributed by atoms with van der Waals surface area (Å²) in [5.41, 5.74) is 4.08. The first-order valence-electron chi connectivity index (χ1n) is 12.6. The summed E-state index contributed by atoms with van der Waals surface area (Å²) in [6.45, 7) is 3.41. The summed E-state index contributed by atoms with van der Waals surface area (Å²) in [6.07, 6.45) is 1.94. The molecule has 3 aromatic carbocycles. The van der Waals surface area contributed by atoms with Crippen molar-refractivity contribution >= 4 is 22.7 Å². The van der Waals surface area contributed by atoms with Crippen LogP contribution in [0.3, 0.4) is 0 Å². The van der Waals surface area contributed by atoms with Gasteiger partial charge in [0.15, 0.2) is 11.5 Å². The number of anilines is 1. The van der Waals surface area contributed by atoms with Crippen LogP contribution in [-0.2, 0) is 22.5 Å². The third kappa shape index (κ3) is 4.86. The summed E-state index contributed by atoms with van der Waals surface area (Å²) in [7, 11) is 0. The molecule has 0 spiro atoms. The van der Waals surface area contributed by atoms with Gasteiger partial charge in [-0.2, -0.15) is 0 Å². The zero-order valence-corrected chi connectivity index (χ0v) is 20.4. The van der Waals surface area contributed by atoms with Crippen LogP contribution in [0.1, 0.15) is 29.9 Å². The van der Waals surface area contributed by atoms with E-state index in [9.17, 15) is 4.79 Å². The zero-order valence-electron chi connectivity index (χ0n) is 20.4. The first-order valence-corrected chi connectivity index (χ1v) is 12.6. The van der Waals surface area contributed by atoms with Crippen molar-refractivity contribution in [3.05, 3.63) is 83.2 Å². The van der Waals surface area contributed by atoms with Gasteiger partial charge >= 0.3 is 0 Å². The van der Waals surface area contributed by atoms with Crippen LogP contribution >= 0.6 is 0 Å². The van der Waals surface area contributed by atoms with Crippen LogP contribution < -0.4 is 4.90 Å². The van der Waals surface area contributed by atoms with Crippen molar-refractivity contribution in [2.45, 2.75) is 25.8 Å². The smallest absolute Gasteiger partial charge is 0.227 e. The molecule has 0 saturated carbocycles. The summed E-state index contributed by atoms with van der Waals surface area (Å²) < 4.78 is 41.5. The van der Waals surface area contributed by atoms with Crippen LogP contribution in [0.2, 0.25) is 0 Å². The number of carbonyl (C=O) groups excluding carboxylic acids is 1. The molecule has 6 rings (SSSR count). The monoisotopic (exact) mass is 503 g/mol. The molecule has 6 nitrogen and oxygen atoms in total. The van der Waals surface area contributed by atoms with E-state index in [2.05, 4.69) is 4.98 Å². The van der Waals surface area contributed by atoms with E-state index in [4.69, 9.17) is 9.15 Å². The lowest BCUT2D eigenvalue weighted by atomic mass is 10.0. The maximum atomic E-state index is 15.0. The molecule has 4 aromatic rings. The fraction of sp³-hybridized carbons (Fsp3) is 0.310. The largest absolute Gasteiger partial charge is 0.440 e. The van der Waals surface area contributed by atoms with Gasteiger partial charge in [0, 0.05) is 55.8 Å². The predicted octanol–water partition coefficient (Wildman–Crippen LogP) is 5.32. The molecule has 0 radical (unpaired) electrons. The van der Waals surface area contributed by atoms with E-state index in [1.54, 1.807) is 11.0 Å². The van der Waals surface area contributed by atoms with Crippen molar-refractivity contribution in [1.82, 2.24) is 9.88 Å². The number of oxazole rings is 1. The van der Waals surface area contributed by atoms with Gasteiger partial charge in [-0.1, -0.05) is 24.3 Å². The van der Waals surface area contributed by atoms with Crippen molar-refractivity contribution in [3.63, 3.8) is 0 Å². The number of amides is 1. The van der Waals surface area contributed by atoms with Crippen LogP contribution in [0.4, 0.5) is 14.5 Å². The molecule has 3 heterocycles. The van der Waals surface area contributed by atoms with E-state index in [1.807, 2.05) is 41.3 Å². The van der Waals surface area contributed by atoms with Gasteiger partial charge in [-0.05, 0) is 47.9 Å². The Bertz CT molecular complexity index is 1420. The van der Waals surface area contributed by atoms with E-state index in [0.717, 1.165) is 24.2 Å². The number of halogens is 2. The number of carbonyl (C=O) groups is 1. The van der Waals surface area contributed by atoms with Gasteiger partial charge < -0.3 is 14.1 Å². The summed E-state index contributed by atoms with van der Waals surface area (Å²) >= 11 is 0. The highest BCUT2D eigenvalue weighted by atomic mass is 19.1. The van der Waals surface area contributed by atoms with Crippen molar-refractivity contribution < 1.29 is 22.7 Å². The molecule has 8 heteroatoms. The highest BCUT2D eigenvalue weighted by molar-refractivity contribution is 5.95. The molecule has 0 aliphatic carbocycles. The van der Waals surface area contributed by atoms with Gasteiger partial charge in [0.05, 0.1) is 13.2 Å². The third-order valence-electron chi connectivity index (χ3n) is 7.07. The van der Waals surface area contributed by atoms with Gasteiger partial charge in [-0.25, -0.2) is 13.8 Å². The molecule has 2 aliphatic heterocycles. The van der Waals surface area contributed by atoms with E-state index in [-0.39, 0.29) is 18.0 Å². The Hall–Kier alpha value is -3.62. The summed E-state index contributed by atoms with van der Waals surface area (Å²) in [5.74, 6) is -0.483. The summed E-state index contributed by atoms with van der Waals surface area (Å²) in [5, 5.41) is 0. The minimum absolute atomic E-state index is 0.0650. The molecule has 190 valence electrons. The van der Waals surface area contributed by atoms with Crippen LogP contribution in [0, 0.1) is 11.6 Å². The maximum Gasteiger partial charge on any atom is 0.227 e. The number of fused-ring (bicyclic) bond motifs is 1. The number of morpholine rings is 1.